The summed E-state index contributed by atoms with van der Waals surface area (Å²) in [4.78, 5) is 0. The molecule has 0 aliphatic heterocycles. The largest absolute Gasteiger partial charge is 0.257 e. The number of aromatic nitrogens is 2. The number of sulfonamides is 1. The van der Waals surface area contributed by atoms with Gasteiger partial charge in [-0.15, -0.1) is 10.2 Å². The van der Waals surface area contributed by atoms with E-state index in [1.807, 2.05) is 55.5 Å². The number of rotatable bonds is 7. The monoisotopic (exact) mass is 391 g/mol. The van der Waals surface area contributed by atoms with Crippen molar-refractivity contribution in [3.63, 3.8) is 0 Å². The fraction of sp³-hybridized carbons (Fsp3) is 0.176. The van der Waals surface area contributed by atoms with Gasteiger partial charge in [0.05, 0.1) is 5.75 Å². The van der Waals surface area contributed by atoms with Crippen molar-refractivity contribution in [3.05, 3.63) is 71.3 Å². The Labute approximate surface area is 155 Å². The molecule has 0 amide bonds. The molecule has 3 aromatic rings. The van der Waals surface area contributed by atoms with E-state index in [-0.39, 0.29) is 5.75 Å². The first-order chi connectivity index (χ1) is 12.0. The lowest BCUT2D eigenvalue weighted by atomic mass is 10.2. The molecule has 0 radical (unpaired) electrons. The molecule has 0 fully saturated rings. The molecule has 1 heterocycles. The van der Waals surface area contributed by atoms with Crippen LogP contribution in [0.4, 0.5) is 5.13 Å². The van der Waals surface area contributed by atoms with Gasteiger partial charge in [-0.3, -0.25) is 4.72 Å². The minimum Gasteiger partial charge on any atom is -0.257 e. The van der Waals surface area contributed by atoms with Crippen LogP contribution < -0.4 is 4.72 Å². The molecule has 0 spiro atoms. The third-order valence-electron chi connectivity index (χ3n) is 3.29. The van der Waals surface area contributed by atoms with Crippen LogP contribution in [0.5, 0.6) is 0 Å². The Morgan fingerprint density at radius 1 is 1.04 bits per heavy atom. The topological polar surface area (TPSA) is 72.0 Å². The first kappa shape index (κ1) is 17.9. The van der Waals surface area contributed by atoms with Crippen molar-refractivity contribution in [2.24, 2.45) is 0 Å². The lowest BCUT2D eigenvalue weighted by Gasteiger charge is -2.05. The Hall–Kier alpha value is -1.90. The molecule has 2 aromatic carbocycles. The summed E-state index contributed by atoms with van der Waals surface area (Å²) in [6, 6.07) is 17.5. The van der Waals surface area contributed by atoms with Gasteiger partial charge in [0.1, 0.15) is 0 Å². The fourth-order valence-electron chi connectivity index (χ4n) is 2.22. The molecule has 1 aromatic heterocycles. The van der Waals surface area contributed by atoms with E-state index < -0.39 is 10.0 Å². The zero-order chi connectivity index (χ0) is 17.7. The molecule has 1 N–H and O–H groups in total. The van der Waals surface area contributed by atoms with Crippen LogP contribution in [0.1, 0.15) is 16.7 Å². The van der Waals surface area contributed by atoms with E-state index in [0.29, 0.717) is 5.13 Å². The Morgan fingerprint density at radius 3 is 2.56 bits per heavy atom. The summed E-state index contributed by atoms with van der Waals surface area (Å²) in [6.45, 7) is 1.94. The Kier molecular flexibility index (Phi) is 5.72. The number of thioether (sulfide) groups is 1. The molecule has 5 nitrogen and oxygen atoms in total. The average molecular weight is 392 g/mol. The number of benzene rings is 2. The number of anilines is 1. The molecule has 130 valence electrons. The molecule has 0 aliphatic carbocycles. The minimum absolute atomic E-state index is 0.0826. The van der Waals surface area contributed by atoms with Crippen molar-refractivity contribution in [2.75, 3.05) is 4.72 Å². The summed E-state index contributed by atoms with van der Waals surface area (Å²) in [7, 11) is -3.51. The van der Waals surface area contributed by atoms with Gasteiger partial charge in [-0.1, -0.05) is 83.3 Å². The molecule has 0 saturated carbocycles. The van der Waals surface area contributed by atoms with E-state index in [4.69, 9.17) is 0 Å². The van der Waals surface area contributed by atoms with Gasteiger partial charge in [-0.05, 0) is 18.1 Å². The lowest BCUT2D eigenvalue weighted by molar-refractivity contribution is 0.600. The third kappa shape index (κ3) is 5.55. The summed E-state index contributed by atoms with van der Waals surface area (Å²) in [6.07, 6.45) is 0. The predicted octanol–water partition coefficient (Wildman–Crippen LogP) is 4.08. The number of nitrogens with one attached hydrogen (secondary N) is 1. The smallest absolute Gasteiger partial charge is 0.238 e. The van der Waals surface area contributed by atoms with Crippen LogP contribution in [0.2, 0.25) is 0 Å². The van der Waals surface area contributed by atoms with Crippen LogP contribution in [-0.4, -0.2) is 18.6 Å². The van der Waals surface area contributed by atoms with E-state index >= 15 is 0 Å². The van der Waals surface area contributed by atoms with Gasteiger partial charge in [0, 0.05) is 5.75 Å². The highest BCUT2D eigenvalue weighted by molar-refractivity contribution is 8.00. The van der Waals surface area contributed by atoms with Crippen molar-refractivity contribution in [1.29, 1.82) is 0 Å². The molecule has 0 aliphatic rings. The number of hydrogen-bond acceptors (Lipinski definition) is 6. The second-order valence-electron chi connectivity index (χ2n) is 5.50. The van der Waals surface area contributed by atoms with Crippen molar-refractivity contribution in [2.45, 2.75) is 22.8 Å². The van der Waals surface area contributed by atoms with E-state index in [1.165, 1.54) is 28.7 Å². The van der Waals surface area contributed by atoms with Crippen LogP contribution in [0, 0.1) is 6.92 Å². The molecular weight excluding hydrogens is 374 g/mol. The van der Waals surface area contributed by atoms with Crippen molar-refractivity contribution >= 4 is 38.3 Å². The molecular formula is C17H17N3O2S3. The van der Waals surface area contributed by atoms with Gasteiger partial charge in [0.2, 0.25) is 15.2 Å². The molecule has 0 saturated heterocycles. The molecule has 3 rings (SSSR count). The van der Waals surface area contributed by atoms with Gasteiger partial charge in [-0.25, -0.2) is 8.42 Å². The van der Waals surface area contributed by atoms with Crippen LogP contribution >= 0.6 is 23.1 Å². The molecule has 0 atom stereocenters. The fourth-order valence-corrected chi connectivity index (χ4v) is 5.32. The Balaban J connectivity index is 1.60. The van der Waals surface area contributed by atoms with Crippen LogP contribution in [0.25, 0.3) is 0 Å². The first-order valence-electron chi connectivity index (χ1n) is 7.56. The van der Waals surface area contributed by atoms with E-state index in [2.05, 4.69) is 14.9 Å². The predicted molar refractivity (Wildman–Crippen MR) is 103 cm³/mol. The maximum absolute atomic E-state index is 12.3. The second kappa shape index (κ2) is 7.99. The first-order valence-corrected chi connectivity index (χ1v) is 11.0. The van der Waals surface area contributed by atoms with Crippen molar-refractivity contribution < 1.29 is 8.42 Å². The normalized spacial score (nSPS) is 11.4. The van der Waals surface area contributed by atoms with Gasteiger partial charge < -0.3 is 0 Å². The molecule has 0 unspecified atom stereocenters. The summed E-state index contributed by atoms with van der Waals surface area (Å²) < 4.78 is 27.8. The third-order valence-corrected chi connectivity index (χ3v) is 6.68. The highest BCUT2D eigenvalue weighted by Crippen LogP contribution is 2.29. The standard InChI is InChI=1S/C17H17N3O2S3/c1-13-6-5-9-15(10-13)12-25(21,22)20-16-18-19-17(24-16)23-11-14-7-3-2-4-8-14/h2-10H,11-12H2,1H3,(H,18,20). The number of hydrogen-bond donors (Lipinski definition) is 1. The highest BCUT2D eigenvalue weighted by Gasteiger charge is 2.15. The summed E-state index contributed by atoms with van der Waals surface area (Å²) in [5, 5.41) is 8.27. The summed E-state index contributed by atoms with van der Waals surface area (Å²) in [5.41, 5.74) is 2.96. The van der Waals surface area contributed by atoms with Crippen molar-refractivity contribution in [3.8, 4) is 0 Å². The molecule has 25 heavy (non-hydrogen) atoms. The van der Waals surface area contributed by atoms with Gasteiger partial charge in [-0.2, -0.15) is 0 Å². The van der Waals surface area contributed by atoms with Crippen LogP contribution in [-0.2, 0) is 21.5 Å². The minimum atomic E-state index is -3.51. The molecule has 8 heteroatoms. The van der Waals surface area contributed by atoms with E-state index in [9.17, 15) is 8.42 Å². The lowest BCUT2D eigenvalue weighted by Crippen LogP contribution is -2.15. The average Bonchev–Trinajstić information content (AvgIpc) is 3.00. The van der Waals surface area contributed by atoms with Gasteiger partial charge in [0.15, 0.2) is 4.34 Å². The maximum Gasteiger partial charge on any atom is 0.238 e. The van der Waals surface area contributed by atoms with Crippen molar-refractivity contribution in [1.82, 2.24) is 10.2 Å². The Bertz CT molecular complexity index is 941. The van der Waals surface area contributed by atoms with E-state index in [1.54, 1.807) is 6.07 Å². The quantitative estimate of drug-likeness (QED) is 0.615. The summed E-state index contributed by atoms with van der Waals surface area (Å²) >= 11 is 2.78. The highest BCUT2D eigenvalue weighted by atomic mass is 32.2. The van der Waals surface area contributed by atoms with E-state index in [0.717, 1.165) is 21.2 Å². The van der Waals surface area contributed by atoms with Gasteiger partial charge >= 0.3 is 0 Å². The van der Waals surface area contributed by atoms with Crippen LogP contribution in [0.15, 0.2) is 58.9 Å². The second-order valence-corrected chi connectivity index (χ2v) is 9.42. The Morgan fingerprint density at radius 2 is 1.80 bits per heavy atom. The SMILES string of the molecule is Cc1cccc(CS(=O)(=O)Nc2nnc(SCc3ccccc3)s2)c1. The number of aryl methyl sites for hydroxylation is 1. The molecule has 0 bridgehead atoms. The van der Waals surface area contributed by atoms with Gasteiger partial charge in [0.25, 0.3) is 0 Å². The zero-order valence-corrected chi connectivity index (χ0v) is 16.0. The zero-order valence-electron chi connectivity index (χ0n) is 13.5. The summed E-state index contributed by atoms with van der Waals surface area (Å²) in [5.74, 6) is 0.687. The van der Waals surface area contributed by atoms with Crippen LogP contribution in [0.3, 0.4) is 0 Å². The maximum atomic E-state index is 12.3. The number of nitrogens with zero attached hydrogens (tertiary/aromatic N) is 2.